The highest BCUT2D eigenvalue weighted by atomic mass is 16.4. The van der Waals surface area contributed by atoms with Gasteiger partial charge in [0.05, 0.1) is 0 Å². The van der Waals surface area contributed by atoms with Gasteiger partial charge in [-0.05, 0) is 37.6 Å². The maximum absolute atomic E-state index is 11.6. The zero-order chi connectivity index (χ0) is 14.2. The molecule has 0 aromatic rings. The van der Waals surface area contributed by atoms with Gasteiger partial charge >= 0.3 is 5.97 Å². The zero-order valence-electron chi connectivity index (χ0n) is 11.7. The molecule has 0 unspecified atom stereocenters. The molecule has 4 N–H and O–H groups in total. The van der Waals surface area contributed by atoms with Crippen LogP contribution in [0.4, 0.5) is 0 Å². The molecule has 0 fully saturated rings. The van der Waals surface area contributed by atoms with Gasteiger partial charge in [-0.1, -0.05) is 20.8 Å². The fourth-order valence-corrected chi connectivity index (χ4v) is 1.51. The fraction of sp³-hybridized carbons (Fsp3) is 0.846. The van der Waals surface area contributed by atoms with Crippen LogP contribution in [0.15, 0.2) is 0 Å². The summed E-state index contributed by atoms with van der Waals surface area (Å²) in [6.07, 6.45) is 3.04. The van der Waals surface area contributed by atoms with E-state index >= 15 is 0 Å². The maximum atomic E-state index is 11.6. The third-order valence-corrected chi connectivity index (χ3v) is 2.68. The first-order chi connectivity index (χ1) is 8.26. The number of carbonyl (C=O) groups excluding carboxylic acids is 1. The third-order valence-electron chi connectivity index (χ3n) is 2.68. The van der Waals surface area contributed by atoms with E-state index in [-0.39, 0.29) is 11.3 Å². The number of hydrogen-bond acceptors (Lipinski definition) is 3. The molecule has 1 amide bonds. The van der Waals surface area contributed by atoms with Gasteiger partial charge in [-0.3, -0.25) is 4.79 Å². The second-order valence-corrected chi connectivity index (χ2v) is 5.80. The van der Waals surface area contributed by atoms with E-state index in [1.165, 1.54) is 0 Å². The van der Waals surface area contributed by atoms with Gasteiger partial charge in [-0.15, -0.1) is 0 Å². The second kappa shape index (κ2) is 8.08. The molecule has 0 aliphatic carbocycles. The van der Waals surface area contributed by atoms with E-state index in [4.69, 9.17) is 10.8 Å². The van der Waals surface area contributed by atoms with Crippen molar-refractivity contribution in [1.29, 1.82) is 0 Å². The first kappa shape index (κ1) is 16.9. The maximum Gasteiger partial charge on any atom is 0.326 e. The van der Waals surface area contributed by atoms with Gasteiger partial charge in [-0.2, -0.15) is 0 Å². The molecule has 0 aromatic heterocycles. The van der Waals surface area contributed by atoms with Crippen molar-refractivity contribution in [2.45, 2.75) is 58.9 Å². The van der Waals surface area contributed by atoms with Crippen molar-refractivity contribution in [3.05, 3.63) is 0 Å². The molecule has 0 heterocycles. The molecular weight excluding hydrogens is 232 g/mol. The highest BCUT2D eigenvalue weighted by Gasteiger charge is 2.20. The van der Waals surface area contributed by atoms with E-state index in [1.54, 1.807) is 0 Å². The van der Waals surface area contributed by atoms with Crippen LogP contribution < -0.4 is 11.1 Å². The highest BCUT2D eigenvalue weighted by molar-refractivity contribution is 5.83. The highest BCUT2D eigenvalue weighted by Crippen LogP contribution is 2.20. The normalized spacial score (nSPS) is 13.1. The van der Waals surface area contributed by atoms with E-state index < -0.39 is 12.0 Å². The Morgan fingerprint density at radius 1 is 1.28 bits per heavy atom. The average molecular weight is 258 g/mol. The molecule has 0 spiro atoms. The average Bonchev–Trinajstić information content (AvgIpc) is 2.24. The molecule has 1 atom stereocenters. The van der Waals surface area contributed by atoms with E-state index in [0.29, 0.717) is 25.8 Å². The quantitative estimate of drug-likeness (QED) is 0.575. The van der Waals surface area contributed by atoms with Crippen LogP contribution in [0.25, 0.3) is 0 Å². The summed E-state index contributed by atoms with van der Waals surface area (Å²) in [6, 6.07) is -0.788. The Labute approximate surface area is 109 Å². The number of hydrogen-bond donors (Lipinski definition) is 3. The number of aliphatic carboxylic acids is 1. The molecule has 0 rings (SSSR count). The topological polar surface area (TPSA) is 92.4 Å². The van der Waals surface area contributed by atoms with Gasteiger partial charge < -0.3 is 16.2 Å². The van der Waals surface area contributed by atoms with Crippen LogP contribution in [0.1, 0.15) is 52.9 Å². The number of carboxylic acid groups (broad SMARTS) is 1. The molecule has 18 heavy (non-hydrogen) atoms. The van der Waals surface area contributed by atoms with Crippen LogP contribution in [0.3, 0.4) is 0 Å². The van der Waals surface area contributed by atoms with Crippen LogP contribution in [0.2, 0.25) is 0 Å². The number of carboxylic acids is 1. The number of rotatable bonds is 8. The molecule has 5 nitrogen and oxygen atoms in total. The summed E-state index contributed by atoms with van der Waals surface area (Å²) >= 11 is 0. The molecule has 0 saturated heterocycles. The Bertz CT molecular complexity index is 272. The minimum Gasteiger partial charge on any atom is -0.480 e. The van der Waals surface area contributed by atoms with Gasteiger partial charge in [0.2, 0.25) is 5.91 Å². The van der Waals surface area contributed by atoms with Gasteiger partial charge in [0.15, 0.2) is 0 Å². The lowest BCUT2D eigenvalue weighted by Gasteiger charge is -2.19. The number of nitrogens with two attached hydrogens (primary N) is 1. The summed E-state index contributed by atoms with van der Waals surface area (Å²) in [5.41, 5.74) is 5.43. The Morgan fingerprint density at radius 3 is 2.33 bits per heavy atom. The Balaban J connectivity index is 4.08. The largest absolute Gasteiger partial charge is 0.480 e. The van der Waals surface area contributed by atoms with Gasteiger partial charge in [0, 0.05) is 6.42 Å². The summed E-state index contributed by atoms with van der Waals surface area (Å²) in [7, 11) is 0. The van der Waals surface area contributed by atoms with Crippen LogP contribution in [-0.2, 0) is 9.59 Å². The Hall–Kier alpha value is -1.10. The first-order valence-electron chi connectivity index (χ1n) is 6.48. The molecular formula is C13H26N2O3. The van der Waals surface area contributed by atoms with E-state index in [2.05, 4.69) is 26.1 Å². The molecule has 0 aliphatic heterocycles. The van der Waals surface area contributed by atoms with Crippen molar-refractivity contribution in [2.75, 3.05) is 6.54 Å². The first-order valence-corrected chi connectivity index (χ1v) is 6.48. The van der Waals surface area contributed by atoms with Crippen molar-refractivity contribution in [3.63, 3.8) is 0 Å². The lowest BCUT2D eigenvalue weighted by Crippen LogP contribution is -2.41. The van der Waals surface area contributed by atoms with E-state index in [1.807, 2.05) is 0 Å². The molecule has 0 radical (unpaired) electrons. The monoisotopic (exact) mass is 258 g/mol. The summed E-state index contributed by atoms with van der Waals surface area (Å²) in [6.45, 7) is 6.70. The predicted molar refractivity (Wildman–Crippen MR) is 71.2 cm³/mol. The lowest BCUT2D eigenvalue weighted by atomic mass is 9.90. The fourth-order valence-electron chi connectivity index (χ4n) is 1.51. The van der Waals surface area contributed by atoms with Crippen LogP contribution in [0.5, 0.6) is 0 Å². The molecule has 106 valence electrons. The standard InChI is InChI=1S/C13H26N2O3/c1-13(2,3)8-7-11(16)15-10(12(17)18)6-4-5-9-14/h10H,4-9,14H2,1-3H3,(H,15,16)(H,17,18)/t10-/m0/s1. The zero-order valence-corrected chi connectivity index (χ0v) is 11.7. The minimum absolute atomic E-state index is 0.0790. The summed E-state index contributed by atoms with van der Waals surface area (Å²) in [5.74, 6) is -1.17. The number of carbonyl (C=O) groups is 2. The summed E-state index contributed by atoms with van der Waals surface area (Å²) < 4.78 is 0. The molecule has 0 aliphatic rings. The summed E-state index contributed by atoms with van der Waals surface area (Å²) in [5, 5.41) is 11.6. The molecule has 0 saturated carbocycles. The van der Waals surface area contributed by atoms with Gasteiger partial charge in [-0.25, -0.2) is 4.79 Å². The van der Waals surface area contributed by atoms with Crippen molar-refractivity contribution >= 4 is 11.9 Å². The third kappa shape index (κ3) is 8.98. The van der Waals surface area contributed by atoms with Crippen molar-refractivity contribution in [1.82, 2.24) is 5.32 Å². The van der Waals surface area contributed by atoms with Crippen molar-refractivity contribution in [3.8, 4) is 0 Å². The molecule has 0 aromatic carbocycles. The van der Waals surface area contributed by atoms with Crippen molar-refractivity contribution < 1.29 is 14.7 Å². The second-order valence-electron chi connectivity index (χ2n) is 5.80. The Morgan fingerprint density at radius 2 is 1.89 bits per heavy atom. The Kier molecular flexibility index (Phi) is 7.59. The van der Waals surface area contributed by atoms with Gasteiger partial charge in [0.25, 0.3) is 0 Å². The SMILES string of the molecule is CC(C)(C)CCC(=O)N[C@@H](CCCCN)C(=O)O. The molecule has 5 heteroatoms. The smallest absolute Gasteiger partial charge is 0.326 e. The lowest BCUT2D eigenvalue weighted by molar-refractivity contribution is -0.142. The minimum atomic E-state index is -0.976. The van der Waals surface area contributed by atoms with Gasteiger partial charge in [0.1, 0.15) is 6.04 Å². The van der Waals surface area contributed by atoms with Crippen LogP contribution in [-0.4, -0.2) is 29.6 Å². The predicted octanol–water partition coefficient (Wildman–Crippen LogP) is 1.51. The summed E-state index contributed by atoms with van der Waals surface area (Å²) in [4.78, 5) is 22.6. The van der Waals surface area contributed by atoms with Crippen LogP contribution in [0, 0.1) is 5.41 Å². The number of nitrogens with one attached hydrogen (secondary N) is 1. The van der Waals surface area contributed by atoms with Crippen molar-refractivity contribution in [2.24, 2.45) is 11.1 Å². The van der Waals surface area contributed by atoms with E-state index in [0.717, 1.165) is 12.8 Å². The van der Waals surface area contributed by atoms with E-state index in [9.17, 15) is 9.59 Å². The van der Waals surface area contributed by atoms with Crippen LogP contribution >= 0.6 is 0 Å². The number of unbranched alkanes of at least 4 members (excludes halogenated alkanes) is 1. The number of amides is 1. The molecule has 0 bridgehead atoms.